The van der Waals surface area contributed by atoms with Crippen LogP contribution in [0, 0.1) is 0 Å². The summed E-state index contributed by atoms with van der Waals surface area (Å²) in [5, 5.41) is 0. The van der Waals surface area contributed by atoms with Gasteiger partial charge in [0.05, 0.1) is 12.7 Å². The van der Waals surface area contributed by atoms with Crippen molar-refractivity contribution in [3.8, 4) is 6.01 Å². The van der Waals surface area contributed by atoms with Gasteiger partial charge < -0.3 is 14.4 Å². The van der Waals surface area contributed by atoms with E-state index in [1.165, 1.54) is 0 Å². The van der Waals surface area contributed by atoms with E-state index in [0.717, 1.165) is 26.0 Å². The fraction of sp³-hybridized carbons (Fsp3) is 0.727. The summed E-state index contributed by atoms with van der Waals surface area (Å²) in [7, 11) is 1.91. The summed E-state index contributed by atoms with van der Waals surface area (Å²) in [4.78, 5) is 14.4. The molecule has 1 saturated heterocycles. The molecular weight excluding hydrogens is 248 g/mol. The van der Waals surface area contributed by atoms with E-state index in [0.29, 0.717) is 12.6 Å². The van der Waals surface area contributed by atoms with Crippen molar-refractivity contribution in [3.05, 3.63) is 0 Å². The quantitative estimate of drug-likeness (QED) is 0.556. The highest BCUT2D eigenvalue weighted by molar-refractivity contribution is 5.37. The molecule has 1 atom stereocenters. The first kappa shape index (κ1) is 13.8. The Bertz CT molecular complexity index is 410. The van der Waals surface area contributed by atoms with E-state index in [4.69, 9.17) is 15.3 Å². The second-order valence-electron chi connectivity index (χ2n) is 4.33. The minimum Gasteiger partial charge on any atom is -0.464 e. The summed E-state index contributed by atoms with van der Waals surface area (Å²) < 4.78 is 10.9. The van der Waals surface area contributed by atoms with E-state index < -0.39 is 0 Å². The molecule has 1 unspecified atom stereocenters. The highest BCUT2D eigenvalue weighted by Crippen LogP contribution is 2.17. The number of rotatable bonds is 6. The van der Waals surface area contributed by atoms with E-state index in [1.54, 1.807) is 0 Å². The van der Waals surface area contributed by atoms with E-state index in [2.05, 4.69) is 20.4 Å². The molecule has 1 aromatic rings. The first-order valence-corrected chi connectivity index (χ1v) is 6.41. The molecule has 0 spiro atoms. The van der Waals surface area contributed by atoms with Gasteiger partial charge in [-0.05, 0) is 19.8 Å². The molecular formula is C11H20N6O2. The number of hydrogen-bond acceptors (Lipinski definition) is 8. The maximum Gasteiger partial charge on any atom is 0.323 e. The number of aromatic nitrogens is 3. The fourth-order valence-electron chi connectivity index (χ4n) is 1.95. The average molecular weight is 268 g/mol. The van der Waals surface area contributed by atoms with Crippen LogP contribution in [-0.2, 0) is 4.74 Å². The first-order valence-electron chi connectivity index (χ1n) is 6.41. The van der Waals surface area contributed by atoms with Crippen molar-refractivity contribution in [2.75, 3.05) is 37.1 Å². The van der Waals surface area contributed by atoms with E-state index >= 15 is 0 Å². The van der Waals surface area contributed by atoms with Gasteiger partial charge in [0, 0.05) is 20.2 Å². The van der Waals surface area contributed by atoms with Crippen LogP contribution < -0.4 is 20.9 Å². The van der Waals surface area contributed by atoms with Gasteiger partial charge in [-0.3, -0.25) is 5.43 Å². The van der Waals surface area contributed by atoms with Crippen molar-refractivity contribution < 1.29 is 9.47 Å². The predicted octanol–water partition coefficient (Wildman–Crippen LogP) is 0.171. The standard InChI is InChI=1S/C11H20N6O2/c1-3-18-11-14-9(16-12)13-10(15-11)17(2)7-8-5-4-6-19-8/h8H,3-7,12H2,1-2H3,(H,13,14,15,16). The SMILES string of the molecule is CCOc1nc(NN)nc(N(C)CC2CCCO2)n1. The van der Waals surface area contributed by atoms with Gasteiger partial charge in [0.1, 0.15) is 0 Å². The Balaban J connectivity index is 2.09. The largest absolute Gasteiger partial charge is 0.464 e. The molecule has 0 bridgehead atoms. The number of nitrogen functional groups attached to an aromatic ring is 1. The Morgan fingerprint density at radius 1 is 1.47 bits per heavy atom. The third-order valence-corrected chi connectivity index (χ3v) is 2.85. The number of nitrogens with zero attached hydrogens (tertiary/aromatic N) is 4. The lowest BCUT2D eigenvalue weighted by molar-refractivity contribution is 0.116. The van der Waals surface area contributed by atoms with Crippen molar-refractivity contribution in [1.29, 1.82) is 0 Å². The third-order valence-electron chi connectivity index (χ3n) is 2.85. The number of nitrogens with one attached hydrogen (secondary N) is 1. The lowest BCUT2D eigenvalue weighted by atomic mass is 10.2. The minimum atomic E-state index is 0.228. The number of hydrazine groups is 1. The van der Waals surface area contributed by atoms with Crippen molar-refractivity contribution in [1.82, 2.24) is 15.0 Å². The smallest absolute Gasteiger partial charge is 0.323 e. The highest BCUT2D eigenvalue weighted by Gasteiger charge is 2.19. The molecule has 1 fully saturated rings. The average Bonchev–Trinajstić information content (AvgIpc) is 2.91. The van der Waals surface area contributed by atoms with Crippen molar-refractivity contribution in [2.45, 2.75) is 25.9 Å². The van der Waals surface area contributed by atoms with Crippen LogP contribution >= 0.6 is 0 Å². The molecule has 8 nitrogen and oxygen atoms in total. The Hall–Kier alpha value is -1.67. The lowest BCUT2D eigenvalue weighted by Crippen LogP contribution is -2.30. The molecule has 0 saturated carbocycles. The predicted molar refractivity (Wildman–Crippen MR) is 71.1 cm³/mol. The van der Waals surface area contributed by atoms with Crippen molar-refractivity contribution in [3.63, 3.8) is 0 Å². The topological polar surface area (TPSA) is 98.4 Å². The first-order chi connectivity index (χ1) is 9.22. The summed E-state index contributed by atoms with van der Waals surface area (Å²) in [6.07, 6.45) is 2.40. The normalized spacial score (nSPS) is 18.4. The van der Waals surface area contributed by atoms with Crippen LogP contribution in [0.3, 0.4) is 0 Å². The van der Waals surface area contributed by atoms with Crippen molar-refractivity contribution >= 4 is 11.9 Å². The molecule has 0 aliphatic carbocycles. The van der Waals surface area contributed by atoms with Gasteiger partial charge in [0.2, 0.25) is 11.9 Å². The maximum absolute atomic E-state index is 5.59. The van der Waals surface area contributed by atoms with Gasteiger partial charge in [0.15, 0.2) is 0 Å². The molecule has 8 heteroatoms. The molecule has 2 rings (SSSR count). The van der Waals surface area contributed by atoms with E-state index in [-0.39, 0.29) is 18.1 Å². The molecule has 1 aromatic heterocycles. The van der Waals surface area contributed by atoms with Gasteiger partial charge in [0.25, 0.3) is 0 Å². The minimum absolute atomic E-state index is 0.228. The lowest BCUT2D eigenvalue weighted by Gasteiger charge is -2.21. The molecule has 0 amide bonds. The number of likely N-dealkylation sites (N-methyl/N-ethyl adjacent to an activating group) is 1. The zero-order valence-corrected chi connectivity index (χ0v) is 11.3. The second-order valence-corrected chi connectivity index (χ2v) is 4.33. The zero-order chi connectivity index (χ0) is 13.7. The van der Waals surface area contributed by atoms with Gasteiger partial charge in [-0.1, -0.05) is 0 Å². The summed E-state index contributed by atoms with van der Waals surface area (Å²) in [5.74, 6) is 6.15. The molecule has 106 valence electrons. The molecule has 19 heavy (non-hydrogen) atoms. The van der Waals surface area contributed by atoms with Crippen LogP contribution in [0.1, 0.15) is 19.8 Å². The Morgan fingerprint density at radius 2 is 2.32 bits per heavy atom. The Kier molecular flexibility index (Phi) is 4.69. The number of nitrogens with two attached hydrogens (primary N) is 1. The van der Waals surface area contributed by atoms with Gasteiger partial charge in [-0.25, -0.2) is 5.84 Å². The number of anilines is 2. The van der Waals surface area contributed by atoms with Crippen LogP contribution in [0.2, 0.25) is 0 Å². The highest BCUT2D eigenvalue weighted by atomic mass is 16.5. The van der Waals surface area contributed by atoms with Crippen LogP contribution in [0.5, 0.6) is 6.01 Å². The van der Waals surface area contributed by atoms with Crippen LogP contribution in [-0.4, -0.2) is 47.9 Å². The molecule has 3 N–H and O–H groups in total. The van der Waals surface area contributed by atoms with Crippen LogP contribution in [0.25, 0.3) is 0 Å². The van der Waals surface area contributed by atoms with Crippen LogP contribution in [0.15, 0.2) is 0 Å². The molecule has 1 aliphatic heterocycles. The second kappa shape index (κ2) is 6.48. The Morgan fingerprint density at radius 3 is 2.95 bits per heavy atom. The molecule has 1 aliphatic rings. The summed E-state index contributed by atoms with van der Waals surface area (Å²) in [5.41, 5.74) is 2.41. The summed E-state index contributed by atoms with van der Waals surface area (Å²) >= 11 is 0. The van der Waals surface area contributed by atoms with E-state index in [9.17, 15) is 0 Å². The molecule has 0 radical (unpaired) electrons. The zero-order valence-electron chi connectivity index (χ0n) is 11.3. The molecule has 0 aromatic carbocycles. The number of ether oxygens (including phenoxy) is 2. The molecule has 2 heterocycles. The Labute approximate surface area is 112 Å². The van der Waals surface area contributed by atoms with Crippen molar-refractivity contribution in [2.24, 2.45) is 5.84 Å². The maximum atomic E-state index is 5.59. The van der Waals surface area contributed by atoms with E-state index in [1.807, 2.05) is 18.9 Å². The third kappa shape index (κ3) is 3.65. The van der Waals surface area contributed by atoms with Gasteiger partial charge in [-0.15, -0.1) is 0 Å². The summed E-state index contributed by atoms with van der Waals surface area (Å²) in [6, 6.07) is 0.264. The number of hydrogen-bond donors (Lipinski definition) is 2. The van der Waals surface area contributed by atoms with Gasteiger partial charge >= 0.3 is 6.01 Å². The summed E-state index contributed by atoms with van der Waals surface area (Å²) in [6.45, 7) is 3.92. The van der Waals surface area contributed by atoms with Crippen LogP contribution in [0.4, 0.5) is 11.9 Å². The monoisotopic (exact) mass is 268 g/mol. The fourth-order valence-corrected chi connectivity index (χ4v) is 1.95. The van der Waals surface area contributed by atoms with Gasteiger partial charge in [-0.2, -0.15) is 15.0 Å².